The number of aryl methyl sites for hydroxylation is 1. The van der Waals surface area contributed by atoms with E-state index < -0.39 is 0 Å². The zero-order valence-corrected chi connectivity index (χ0v) is 17.5. The fourth-order valence-corrected chi connectivity index (χ4v) is 4.09. The minimum atomic E-state index is 0.0541. The second-order valence-corrected chi connectivity index (χ2v) is 8.52. The van der Waals surface area contributed by atoms with E-state index in [4.69, 9.17) is 11.6 Å². The first-order chi connectivity index (χ1) is 14.4. The Kier molecular flexibility index (Phi) is 4.39. The molecule has 1 aliphatic carbocycles. The van der Waals surface area contributed by atoms with E-state index in [1.54, 1.807) is 24.7 Å². The maximum atomic E-state index is 12.9. The van der Waals surface area contributed by atoms with Crippen LogP contribution < -0.4 is 0 Å². The lowest BCUT2D eigenvalue weighted by molar-refractivity contribution is -0.117. The van der Waals surface area contributed by atoms with Crippen molar-refractivity contribution in [3.63, 3.8) is 0 Å². The first-order valence-electron chi connectivity index (χ1n) is 9.80. The Bertz CT molecular complexity index is 1260. The first-order valence-corrected chi connectivity index (χ1v) is 10.2. The number of ketones is 1. The molecule has 0 spiro atoms. The van der Waals surface area contributed by atoms with Gasteiger partial charge in [0.15, 0.2) is 11.5 Å². The average molecular weight is 422 g/mol. The van der Waals surface area contributed by atoms with Crippen molar-refractivity contribution in [2.75, 3.05) is 0 Å². The van der Waals surface area contributed by atoms with Crippen LogP contribution >= 0.6 is 11.6 Å². The number of fused-ring (bicyclic) bond motifs is 1. The van der Waals surface area contributed by atoms with Gasteiger partial charge in [0.2, 0.25) is 0 Å². The zero-order valence-electron chi connectivity index (χ0n) is 16.7. The molecule has 0 amide bonds. The van der Waals surface area contributed by atoms with Gasteiger partial charge in [0, 0.05) is 42.3 Å². The van der Waals surface area contributed by atoms with Crippen molar-refractivity contribution < 1.29 is 4.79 Å². The number of carbonyl (C=O) groups excluding carboxylic acids is 1. The molecule has 0 N–H and O–H groups in total. The third-order valence-corrected chi connectivity index (χ3v) is 5.81. The number of hydrogen-bond acceptors (Lipinski definition) is 6. The van der Waals surface area contributed by atoms with Crippen molar-refractivity contribution >= 4 is 23.0 Å². The van der Waals surface area contributed by atoms with Gasteiger partial charge in [-0.1, -0.05) is 18.5 Å². The van der Waals surface area contributed by atoms with Crippen LogP contribution in [0.4, 0.5) is 0 Å². The van der Waals surface area contributed by atoms with Gasteiger partial charge in [0.25, 0.3) is 0 Å². The van der Waals surface area contributed by atoms with Crippen molar-refractivity contribution in [3.05, 3.63) is 64.5 Å². The molecule has 152 valence electrons. The molecule has 0 unspecified atom stereocenters. The number of pyridine rings is 1. The van der Waals surface area contributed by atoms with E-state index in [-0.39, 0.29) is 17.6 Å². The first kappa shape index (κ1) is 18.9. The van der Waals surface area contributed by atoms with E-state index >= 15 is 0 Å². The SMILES string of the molecule is Cc1cc2ncc(CC(=O)Cc3cnc(-n4nccn4)c(Cl)c3)c(C3(C)CC3)n2n1. The molecule has 4 aromatic heterocycles. The molecule has 9 heteroatoms. The van der Waals surface area contributed by atoms with Gasteiger partial charge < -0.3 is 0 Å². The molecule has 0 aromatic carbocycles. The standard InChI is InChI=1S/C21H20ClN7O/c1-13-7-18-23-12-15(19(28(18)27-13)21(2)3-4-21)10-16(30)8-14-9-17(22)20(24-11-14)29-25-5-6-26-29/h5-7,9,11-12H,3-4,8,10H2,1-2H3. The predicted molar refractivity (Wildman–Crippen MR) is 111 cm³/mol. The highest BCUT2D eigenvalue weighted by Crippen LogP contribution is 2.48. The summed E-state index contributed by atoms with van der Waals surface area (Å²) in [5.41, 5.74) is 4.59. The van der Waals surface area contributed by atoms with E-state index in [0.29, 0.717) is 17.3 Å². The molecule has 1 aliphatic rings. The van der Waals surface area contributed by atoms with E-state index in [1.165, 1.54) is 4.80 Å². The monoisotopic (exact) mass is 421 g/mol. The molecule has 0 atom stereocenters. The van der Waals surface area contributed by atoms with Crippen molar-refractivity contribution in [1.29, 1.82) is 0 Å². The Morgan fingerprint density at radius 1 is 1.13 bits per heavy atom. The molecule has 1 fully saturated rings. The van der Waals surface area contributed by atoms with Gasteiger partial charge in [-0.2, -0.15) is 15.3 Å². The van der Waals surface area contributed by atoms with Crippen LogP contribution in [0.1, 0.15) is 42.3 Å². The van der Waals surface area contributed by atoms with Gasteiger partial charge in [-0.05, 0) is 31.4 Å². The second-order valence-electron chi connectivity index (χ2n) is 8.11. The van der Waals surface area contributed by atoms with Gasteiger partial charge >= 0.3 is 0 Å². The van der Waals surface area contributed by atoms with Crippen molar-refractivity contribution in [3.8, 4) is 5.82 Å². The van der Waals surface area contributed by atoms with E-state index in [0.717, 1.165) is 41.0 Å². The zero-order chi connectivity index (χ0) is 20.9. The molecule has 0 aliphatic heterocycles. The third-order valence-electron chi connectivity index (χ3n) is 5.53. The predicted octanol–water partition coefficient (Wildman–Crippen LogP) is 3.07. The summed E-state index contributed by atoms with van der Waals surface area (Å²) in [7, 11) is 0. The molecule has 8 nitrogen and oxygen atoms in total. The van der Waals surface area contributed by atoms with Gasteiger partial charge in [-0.25, -0.2) is 14.5 Å². The van der Waals surface area contributed by atoms with Gasteiger partial charge in [-0.15, -0.1) is 4.80 Å². The molecule has 4 heterocycles. The highest BCUT2D eigenvalue weighted by atomic mass is 35.5. The Labute approximate surface area is 177 Å². The fraction of sp³-hybridized carbons (Fsp3) is 0.333. The van der Waals surface area contributed by atoms with Crippen LogP contribution in [-0.2, 0) is 23.1 Å². The average Bonchev–Trinajstić information content (AvgIpc) is 3.08. The normalized spacial score (nSPS) is 14.9. The van der Waals surface area contributed by atoms with Gasteiger partial charge in [0.1, 0.15) is 5.78 Å². The molecule has 1 saturated carbocycles. The summed E-state index contributed by atoms with van der Waals surface area (Å²) >= 11 is 6.33. The van der Waals surface area contributed by atoms with Crippen LogP contribution in [0.15, 0.2) is 36.9 Å². The number of nitrogens with zero attached hydrogens (tertiary/aromatic N) is 7. The minimum absolute atomic E-state index is 0.0541. The molecule has 0 radical (unpaired) electrons. The van der Waals surface area contributed by atoms with E-state index in [2.05, 4.69) is 32.2 Å². The van der Waals surface area contributed by atoms with Gasteiger partial charge in [-0.3, -0.25) is 4.79 Å². The van der Waals surface area contributed by atoms with Crippen LogP contribution in [-0.4, -0.2) is 40.4 Å². The number of Topliss-reactive ketones (excluding diaryl/α,β-unsaturated/α-hetero) is 1. The third kappa shape index (κ3) is 3.37. The topological polar surface area (TPSA) is 90.9 Å². The van der Waals surface area contributed by atoms with Crippen molar-refractivity contribution in [2.45, 2.75) is 44.9 Å². The van der Waals surface area contributed by atoms with Gasteiger partial charge in [0.05, 0.1) is 28.8 Å². The Hall–Kier alpha value is -3.13. The highest BCUT2D eigenvalue weighted by Gasteiger charge is 2.43. The molecular weight excluding hydrogens is 402 g/mol. The molecule has 0 saturated heterocycles. The lowest BCUT2D eigenvalue weighted by Gasteiger charge is -2.16. The number of halogens is 1. The number of hydrogen-bond donors (Lipinski definition) is 0. The largest absolute Gasteiger partial charge is 0.299 e. The molecule has 5 rings (SSSR count). The molecule has 30 heavy (non-hydrogen) atoms. The lowest BCUT2D eigenvalue weighted by atomic mass is 9.96. The van der Waals surface area contributed by atoms with Crippen LogP contribution in [0.3, 0.4) is 0 Å². The number of carbonyl (C=O) groups is 1. The van der Waals surface area contributed by atoms with Crippen LogP contribution in [0.5, 0.6) is 0 Å². The second kappa shape index (κ2) is 6.98. The van der Waals surface area contributed by atoms with Crippen molar-refractivity contribution in [1.82, 2.24) is 34.6 Å². The molecular formula is C21H20ClN7O. The highest BCUT2D eigenvalue weighted by molar-refractivity contribution is 6.32. The van der Waals surface area contributed by atoms with Crippen LogP contribution in [0.2, 0.25) is 5.02 Å². The lowest BCUT2D eigenvalue weighted by Crippen LogP contribution is -2.17. The van der Waals surface area contributed by atoms with E-state index in [9.17, 15) is 4.79 Å². The Morgan fingerprint density at radius 2 is 1.90 bits per heavy atom. The van der Waals surface area contributed by atoms with Crippen LogP contribution in [0, 0.1) is 6.92 Å². The maximum Gasteiger partial charge on any atom is 0.193 e. The maximum absolute atomic E-state index is 12.9. The summed E-state index contributed by atoms with van der Waals surface area (Å²) in [6.07, 6.45) is 9.30. The smallest absolute Gasteiger partial charge is 0.193 e. The molecule has 4 aromatic rings. The Morgan fingerprint density at radius 3 is 2.60 bits per heavy atom. The molecule has 0 bridgehead atoms. The van der Waals surface area contributed by atoms with Crippen LogP contribution in [0.25, 0.3) is 11.5 Å². The fourth-order valence-electron chi connectivity index (χ4n) is 3.82. The quantitative estimate of drug-likeness (QED) is 0.475. The van der Waals surface area contributed by atoms with Crippen molar-refractivity contribution in [2.24, 2.45) is 0 Å². The summed E-state index contributed by atoms with van der Waals surface area (Å²) in [6.45, 7) is 4.18. The summed E-state index contributed by atoms with van der Waals surface area (Å²) < 4.78 is 1.91. The Balaban J connectivity index is 1.40. The minimum Gasteiger partial charge on any atom is -0.299 e. The summed E-state index contributed by atoms with van der Waals surface area (Å²) in [6, 6.07) is 3.71. The summed E-state index contributed by atoms with van der Waals surface area (Å²) in [5, 5.41) is 13.1. The summed E-state index contributed by atoms with van der Waals surface area (Å²) in [5.74, 6) is 0.513. The summed E-state index contributed by atoms with van der Waals surface area (Å²) in [4.78, 5) is 23.1. The number of aromatic nitrogens is 7. The number of rotatable bonds is 6. The van der Waals surface area contributed by atoms with E-state index in [1.807, 2.05) is 23.7 Å².